The summed E-state index contributed by atoms with van der Waals surface area (Å²) in [5.74, 6) is 0. The van der Waals surface area contributed by atoms with Gasteiger partial charge in [0.05, 0.1) is 6.04 Å². The molecule has 0 aromatic carbocycles. The Morgan fingerprint density at radius 1 is 1.62 bits per heavy atom. The lowest BCUT2D eigenvalue weighted by Crippen LogP contribution is -2.38. The van der Waals surface area contributed by atoms with E-state index in [2.05, 4.69) is 10.6 Å². The fourth-order valence-corrected chi connectivity index (χ4v) is 0.572. The Hall–Kier alpha value is -0.990. The maximum atomic E-state index is 10.0. The van der Waals surface area contributed by atoms with Crippen molar-refractivity contribution in [2.45, 2.75) is 6.04 Å². The van der Waals surface area contributed by atoms with E-state index in [1.165, 1.54) is 0 Å². The van der Waals surface area contributed by atoms with E-state index in [-0.39, 0.29) is 6.04 Å². The molecule has 3 nitrogen and oxygen atoms in total. The van der Waals surface area contributed by atoms with Crippen LogP contribution in [0, 0.1) is 0 Å². The summed E-state index contributed by atoms with van der Waals surface area (Å²) in [5.41, 5.74) is 0. The lowest BCUT2D eigenvalue weighted by molar-refractivity contribution is -0.109. The molecule has 3 heteroatoms. The third kappa shape index (κ3) is 0.992. The first kappa shape index (κ1) is 5.15. The zero-order valence-corrected chi connectivity index (χ0v) is 4.42. The molecule has 0 amide bonds. The van der Waals surface area contributed by atoms with Gasteiger partial charge in [0.2, 0.25) is 0 Å². The van der Waals surface area contributed by atoms with Gasteiger partial charge in [-0.1, -0.05) is 0 Å². The number of hydrogen-bond acceptors (Lipinski definition) is 3. The number of hydrogen-bond donors (Lipinski definition) is 2. The van der Waals surface area contributed by atoms with Crippen molar-refractivity contribution in [3.63, 3.8) is 0 Å². The van der Waals surface area contributed by atoms with Crippen molar-refractivity contribution in [1.29, 1.82) is 0 Å². The van der Waals surface area contributed by atoms with Crippen molar-refractivity contribution in [2.75, 3.05) is 6.54 Å². The zero-order chi connectivity index (χ0) is 5.82. The summed E-state index contributed by atoms with van der Waals surface area (Å²) in [6, 6.07) is -0.0417. The first-order chi connectivity index (χ1) is 3.93. The van der Waals surface area contributed by atoms with Gasteiger partial charge in [0.25, 0.3) is 0 Å². The minimum Gasteiger partial charge on any atom is -0.387 e. The Morgan fingerprint density at radius 2 is 2.50 bits per heavy atom. The normalized spacial score (nSPS) is 25.8. The minimum absolute atomic E-state index is 0.0417. The fourth-order valence-electron chi connectivity index (χ4n) is 0.572. The number of carbonyl (C=O) groups is 1. The third-order valence-electron chi connectivity index (χ3n) is 1.01. The topological polar surface area (TPSA) is 41.1 Å². The average molecular weight is 112 g/mol. The van der Waals surface area contributed by atoms with Gasteiger partial charge in [-0.25, -0.2) is 0 Å². The van der Waals surface area contributed by atoms with Crippen LogP contribution in [0.4, 0.5) is 0 Å². The molecule has 0 radical (unpaired) electrons. The van der Waals surface area contributed by atoms with Gasteiger partial charge in [0.1, 0.15) is 6.29 Å². The van der Waals surface area contributed by atoms with Gasteiger partial charge < -0.3 is 15.4 Å². The van der Waals surface area contributed by atoms with E-state index in [9.17, 15) is 4.79 Å². The standard InChI is InChI=1S/C5H8N2O/c8-4-5-3-6-1-2-7-5/h1-2,4-7H,3H2. The Bertz CT molecular complexity index is 111. The van der Waals surface area contributed by atoms with Gasteiger partial charge >= 0.3 is 0 Å². The van der Waals surface area contributed by atoms with E-state index in [4.69, 9.17) is 0 Å². The fraction of sp³-hybridized carbons (Fsp3) is 0.400. The highest BCUT2D eigenvalue weighted by Crippen LogP contribution is 1.80. The molecule has 0 bridgehead atoms. The molecular weight excluding hydrogens is 104 g/mol. The van der Waals surface area contributed by atoms with Crippen LogP contribution >= 0.6 is 0 Å². The van der Waals surface area contributed by atoms with Crippen molar-refractivity contribution in [1.82, 2.24) is 10.6 Å². The molecule has 44 valence electrons. The van der Waals surface area contributed by atoms with Gasteiger partial charge in [-0.05, 0) is 0 Å². The zero-order valence-electron chi connectivity index (χ0n) is 4.42. The lowest BCUT2D eigenvalue weighted by atomic mass is 10.3. The molecule has 0 aliphatic carbocycles. The second-order valence-corrected chi connectivity index (χ2v) is 1.65. The van der Waals surface area contributed by atoms with E-state index in [1.54, 1.807) is 12.4 Å². The number of carbonyl (C=O) groups excluding carboxylic acids is 1. The molecule has 0 saturated carbocycles. The number of aldehydes is 1. The SMILES string of the molecule is O=CC1CNC=CN1. The summed E-state index contributed by atoms with van der Waals surface area (Å²) in [4.78, 5) is 10.0. The summed E-state index contributed by atoms with van der Waals surface area (Å²) >= 11 is 0. The lowest BCUT2D eigenvalue weighted by Gasteiger charge is -2.14. The van der Waals surface area contributed by atoms with Crippen LogP contribution in [-0.2, 0) is 4.79 Å². The molecule has 1 rings (SSSR count). The van der Waals surface area contributed by atoms with Crippen molar-refractivity contribution in [3.8, 4) is 0 Å². The molecule has 0 spiro atoms. The van der Waals surface area contributed by atoms with E-state index in [0.29, 0.717) is 6.54 Å². The molecule has 0 fully saturated rings. The van der Waals surface area contributed by atoms with Gasteiger partial charge in [0, 0.05) is 18.9 Å². The van der Waals surface area contributed by atoms with Crippen molar-refractivity contribution >= 4 is 6.29 Å². The van der Waals surface area contributed by atoms with Crippen molar-refractivity contribution in [2.24, 2.45) is 0 Å². The first-order valence-electron chi connectivity index (χ1n) is 2.53. The second-order valence-electron chi connectivity index (χ2n) is 1.65. The number of rotatable bonds is 1. The molecule has 8 heavy (non-hydrogen) atoms. The van der Waals surface area contributed by atoms with Crippen LogP contribution in [0.15, 0.2) is 12.4 Å². The molecule has 1 unspecified atom stereocenters. The molecule has 1 aliphatic heterocycles. The summed E-state index contributed by atoms with van der Waals surface area (Å²) in [6.07, 6.45) is 4.39. The first-order valence-corrected chi connectivity index (χ1v) is 2.53. The van der Waals surface area contributed by atoms with Gasteiger partial charge in [0.15, 0.2) is 0 Å². The van der Waals surface area contributed by atoms with Crippen LogP contribution in [0.5, 0.6) is 0 Å². The Kier molecular flexibility index (Phi) is 1.51. The predicted octanol–water partition coefficient (Wildman–Crippen LogP) is -0.782. The van der Waals surface area contributed by atoms with Gasteiger partial charge in [-0.15, -0.1) is 0 Å². The maximum Gasteiger partial charge on any atom is 0.143 e. The number of nitrogens with one attached hydrogen (secondary N) is 2. The Balaban J connectivity index is 2.37. The summed E-state index contributed by atoms with van der Waals surface area (Å²) in [6.45, 7) is 0.694. The summed E-state index contributed by atoms with van der Waals surface area (Å²) in [5, 5.41) is 5.77. The monoisotopic (exact) mass is 112 g/mol. The highest BCUT2D eigenvalue weighted by Gasteiger charge is 2.03. The molecule has 1 aliphatic rings. The highest BCUT2D eigenvalue weighted by molar-refractivity contribution is 5.58. The highest BCUT2D eigenvalue weighted by atomic mass is 16.1. The van der Waals surface area contributed by atoms with Crippen LogP contribution in [0.3, 0.4) is 0 Å². The van der Waals surface area contributed by atoms with E-state index in [0.717, 1.165) is 6.29 Å². The van der Waals surface area contributed by atoms with E-state index in [1.807, 2.05) is 0 Å². The van der Waals surface area contributed by atoms with E-state index >= 15 is 0 Å². The van der Waals surface area contributed by atoms with Crippen LogP contribution < -0.4 is 10.6 Å². The average Bonchev–Trinajstić information content (AvgIpc) is 1.90. The summed E-state index contributed by atoms with van der Waals surface area (Å²) in [7, 11) is 0. The largest absolute Gasteiger partial charge is 0.387 e. The minimum atomic E-state index is -0.0417. The van der Waals surface area contributed by atoms with Gasteiger partial charge in [-0.2, -0.15) is 0 Å². The Labute approximate surface area is 47.8 Å². The molecule has 2 N–H and O–H groups in total. The molecule has 0 saturated heterocycles. The molecular formula is C5H8N2O. The Morgan fingerprint density at radius 3 is 2.88 bits per heavy atom. The van der Waals surface area contributed by atoms with Crippen LogP contribution in [0.1, 0.15) is 0 Å². The molecule has 1 atom stereocenters. The van der Waals surface area contributed by atoms with E-state index < -0.39 is 0 Å². The summed E-state index contributed by atoms with van der Waals surface area (Å²) < 4.78 is 0. The van der Waals surface area contributed by atoms with Gasteiger partial charge in [-0.3, -0.25) is 0 Å². The maximum absolute atomic E-state index is 10.0. The smallest absolute Gasteiger partial charge is 0.143 e. The molecule has 0 aromatic rings. The predicted molar refractivity (Wildman–Crippen MR) is 30.1 cm³/mol. The van der Waals surface area contributed by atoms with Crippen molar-refractivity contribution < 1.29 is 4.79 Å². The third-order valence-corrected chi connectivity index (χ3v) is 1.01. The molecule has 0 aromatic heterocycles. The second kappa shape index (κ2) is 2.35. The van der Waals surface area contributed by atoms with Crippen LogP contribution in [0.25, 0.3) is 0 Å². The van der Waals surface area contributed by atoms with Crippen LogP contribution in [0.2, 0.25) is 0 Å². The quantitative estimate of drug-likeness (QED) is 0.437. The van der Waals surface area contributed by atoms with Crippen molar-refractivity contribution in [3.05, 3.63) is 12.4 Å². The molecule has 1 heterocycles. The van der Waals surface area contributed by atoms with Crippen LogP contribution in [-0.4, -0.2) is 18.9 Å².